The third-order valence-electron chi connectivity index (χ3n) is 17.0. The maximum atomic E-state index is 13.1. The minimum atomic E-state index is -1.10. The van der Waals surface area contributed by atoms with E-state index in [9.17, 15) is 53.4 Å². The lowest BCUT2D eigenvalue weighted by Crippen LogP contribution is -2.28. The van der Waals surface area contributed by atoms with Crippen LogP contribution in [-0.4, -0.2) is 168 Å². The van der Waals surface area contributed by atoms with Crippen LogP contribution < -0.4 is 42.6 Å². The second-order valence-corrected chi connectivity index (χ2v) is 24.8. The van der Waals surface area contributed by atoms with Crippen LogP contribution in [-0.2, 0) is 84.4 Å². The zero-order chi connectivity index (χ0) is 84.5. The molecule has 0 aromatic heterocycles. The number of carboxylic acids is 2. The Kier molecular flexibility index (Phi) is 33.5. The van der Waals surface area contributed by atoms with Crippen LogP contribution in [0, 0.1) is 11.8 Å². The lowest BCUT2D eigenvalue weighted by atomic mass is 9.99. The molecule has 0 aliphatic carbocycles. The van der Waals surface area contributed by atoms with E-state index in [1.807, 2.05) is 24.3 Å². The zero-order valence-corrected chi connectivity index (χ0v) is 66.1. The average molecular weight is 1590 g/mol. The van der Waals surface area contributed by atoms with E-state index in [4.69, 9.17) is 52.1 Å². The summed E-state index contributed by atoms with van der Waals surface area (Å²) in [4.78, 5) is 110. The summed E-state index contributed by atoms with van der Waals surface area (Å²) in [5, 5.41) is 19.6. The standard InChI is InChI=1S/C31H33NO8.C29H28O9.C29H26O9/c1-32(2)29(33)27(18-21-15-25(36-3)19-26(16-21)37-4)22-9-13-24(14-10-22)40-23-11-7-20(8-12-23)17-28(30(34)38-5)31(35)39-6;2*1-34-23-13-19(14-24(17-23)35-2)16-25(27(30)31)20-7-11-22(12-8-20)38-21-9-5-18(6-10-21)15-26(28(32)36-3)29(33)37-4/h7-16,18-19,28H,17H2,1-6H3;5-14,16-17,26H,15H2,1-4H3,(H,30,31);5-17H,1-4H3,(H,30,31)/b27-18+;2*25-16+. The normalized spacial score (nSPS) is 10.9. The third-order valence-corrected chi connectivity index (χ3v) is 17.0. The van der Waals surface area contributed by atoms with E-state index >= 15 is 0 Å². The first kappa shape index (κ1) is 88.6. The van der Waals surface area contributed by atoms with Gasteiger partial charge in [-0.2, -0.15) is 0 Å². The molecule has 604 valence electrons. The Morgan fingerprint density at radius 1 is 0.293 bits per heavy atom. The number of carboxylic acid groups (broad SMARTS) is 2. The Balaban J connectivity index is 0.000000241. The van der Waals surface area contributed by atoms with Crippen molar-refractivity contribution in [2.45, 2.75) is 12.8 Å². The number of aliphatic carboxylic acids is 2. The van der Waals surface area contributed by atoms with E-state index in [0.717, 1.165) is 16.7 Å². The first-order valence-electron chi connectivity index (χ1n) is 35.1. The molecule has 0 saturated carbocycles. The van der Waals surface area contributed by atoms with Gasteiger partial charge in [0.2, 0.25) is 0 Å². The number of rotatable bonds is 32. The van der Waals surface area contributed by atoms with Gasteiger partial charge in [0.15, 0.2) is 11.8 Å². The number of carbonyl (C=O) groups excluding carboxylic acids is 7. The number of hydrogen-bond donors (Lipinski definition) is 2. The van der Waals surface area contributed by atoms with Crippen LogP contribution in [0.25, 0.3) is 41.0 Å². The summed E-state index contributed by atoms with van der Waals surface area (Å²) in [6.45, 7) is 0. The number of nitrogens with zero attached hydrogens (tertiary/aromatic N) is 1. The molecule has 27 nitrogen and oxygen atoms in total. The van der Waals surface area contributed by atoms with Crippen molar-refractivity contribution in [3.8, 4) is 69.0 Å². The number of carbonyl (C=O) groups is 9. The molecule has 0 heterocycles. The van der Waals surface area contributed by atoms with E-state index < -0.39 is 59.6 Å². The molecule has 0 aliphatic rings. The monoisotopic (exact) mass is 1590 g/mol. The van der Waals surface area contributed by atoms with E-state index in [1.165, 1.54) is 94.2 Å². The van der Waals surface area contributed by atoms with Crippen molar-refractivity contribution in [1.29, 1.82) is 0 Å². The van der Waals surface area contributed by atoms with Crippen molar-refractivity contribution in [3.63, 3.8) is 0 Å². The molecule has 116 heavy (non-hydrogen) atoms. The second-order valence-electron chi connectivity index (χ2n) is 24.8. The van der Waals surface area contributed by atoms with E-state index in [-0.39, 0.29) is 35.5 Å². The van der Waals surface area contributed by atoms with E-state index in [0.29, 0.717) is 108 Å². The molecule has 0 radical (unpaired) electrons. The average Bonchev–Trinajstić information content (AvgIpc) is 0.821. The summed E-state index contributed by atoms with van der Waals surface area (Å²) in [6.07, 6.45) is 6.48. The van der Waals surface area contributed by atoms with Gasteiger partial charge in [-0.3, -0.25) is 24.0 Å². The van der Waals surface area contributed by atoms with Gasteiger partial charge in [0.25, 0.3) is 5.91 Å². The number of hydrogen-bond acceptors (Lipinski definition) is 24. The Morgan fingerprint density at radius 2 is 0.534 bits per heavy atom. The molecule has 1 amide bonds. The highest BCUT2D eigenvalue weighted by Gasteiger charge is 2.31. The number of methoxy groups -OCH3 is 12. The second kappa shape index (κ2) is 43.8. The number of likely N-dealkylation sites (N-methyl/N-ethyl adjacent to an activating group) is 1. The molecule has 2 N–H and O–H groups in total. The molecule has 9 aromatic carbocycles. The van der Waals surface area contributed by atoms with Crippen molar-refractivity contribution < 1.29 is 124 Å². The molecule has 0 aliphatic heterocycles. The van der Waals surface area contributed by atoms with E-state index in [1.54, 1.807) is 210 Å². The maximum Gasteiger partial charge on any atom is 0.345 e. The topological polar surface area (TPSA) is 336 Å². The first-order valence-corrected chi connectivity index (χ1v) is 35.1. The number of amides is 1. The molecular formula is C89H87NO26. The number of esters is 6. The van der Waals surface area contributed by atoms with Gasteiger partial charge in [-0.15, -0.1) is 0 Å². The predicted molar refractivity (Wildman–Crippen MR) is 430 cm³/mol. The van der Waals surface area contributed by atoms with Crippen LogP contribution in [0.1, 0.15) is 50.1 Å². The Labute approximate surface area is 669 Å². The van der Waals surface area contributed by atoms with Crippen molar-refractivity contribution in [2.75, 3.05) is 99.4 Å². The van der Waals surface area contributed by atoms with Gasteiger partial charge in [0, 0.05) is 37.9 Å². The van der Waals surface area contributed by atoms with Crippen LogP contribution in [0.2, 0.25) is 0 Å². The molecule has 0 saturated heterocycles. The number of ether oxygens (including phenoxy) is 15. The zero-order valence-electron chi connectivity index (χ0n) is 66.1. The van der Waals surface area contributed by atoms with Crippen molar-refractivity contribution in [2.24, 2.45) is 11.8 Å². The van der Waals surface area contributed by atoms with Gasteiger partial charge < -0.3 is 86.2 Å². The molecule has 0 atom stereocenters. The molecular weight excluding hydrogens is 1500 g/mol. The van der Waals surface area contributed by atoms with Crippen LogP contribution in [0.4, 0.5) is 0 Å². The van der Waals surface area contributed by atoms with Crippen LogP contribution >= 0.6 is 0 Å². The summed E-state index contributed by atoms with van der Waals surface area (Å²) in [5.74, 6) is -2.20. The van der Waals surface area contributed by atoms with Crippen LogP contribution in [0.15, 0.2) is 206 Å². The Bertz CT molecular complexity index is 4930. The van der Waals surface area contributed by atoms with E-state index in [2.05, 4.69) is 18.9 Å². The first-order chi connectivity index (χ1) is 55.7. The SMILES string of the molecule is COC(=O)C(=Cc1ccc(Oc2ccc(/C(=C\c3cc(OC)cc(OC)c3)C(=O)O)cc2)cc1)C(=O)OC.COC(=O)C(Cc1ccc(Oc2ccc(/C(=C\c3cc(OC)cc(OC)c3)C(=O)N(C)C)cc2)cc1)C(=O)OC.COC(=O)C(Cc1ccc(Oc2ccc(/C(=C\c3cc(OC)cc(OC)c3)C(=O)O)cc2)cc1)C(=O)OC. The molecule has 0 fully saturated rings. The molecule has 27 heteroatoms. The lowest BCUT2D eigenvalue weighted by Gasteiger charge is -2.15. The summed E-state index contributed by atoms with van der Waals surface area (Å²) in [5.41, 5.74) is 6.08. The van der Waals surface area contributed by atoms with Gasteiger partial charge in [0.05, 0.1) is 96.5 Å². The predicted octanol–water partition coefficient (Wildman–Crippen LogP) is 14.1. The summed E-state index contributed by atoms with van der Waals surface area (Å²) >= 11 is 0. The Morgan fingerprint density at radius 3 is 0.767 bits per heavy atom. The van der Waals surface area contributed by atoms with Gasteiger partial charge >= 0.3 is 47.8 Å². The Hall–Kier alpha value is -14.6. The fourth-order valence-electron chi connectivity index (χ4n) is 11.0. The minimum absolute atomic E-state index is 0.0787. The summed E-state index contributed by atoms with van der Waals surface area (Å²) < 4.78 is 77.5. The van der Waals surface area contributed by atoms with Gasteiger partial charge in [-0.1, -0.05) is 72.8 Å². The highest BCUT2D eigenvalue weighted by Crippen LogP contribution is 2.34. The van der Waals surface area contributed by atoms with Crippen molar-refractivity contribution in [3.05, 3.63) is 256 Å². The largest absolute Gasteiger partial charge is 0.497 e. The molecule has 0 unspecified atom stereocenters. The van der Waals surface area contributed by atoms with Crippen LogP contribution in [0.3, 0.4) is 0 Å². The summed E-state index contributed by atoms with van der Waals surface area (Å²) in [7, 11) is 19.8. The molecule has 9 aromatic rings. The lowest BCUT2D eigenvalue weighted by molar-refractivity contribution is -0.160. The molecule has 0 spiro atoms. The van der Waals surface area contributed by atoms with Gasteiger partial charge in [-0.05, 0) is 196 Å². The van der Waals surface area contributed by atoms with Gasteiger partial charge in [-0.25, -0.2) is 19.2 Å². The maximum absolute atomic E-state index is 13.1. The minimum Gasteiger partial charge on any atom is -0.497 e. The van der Waals surface area contributed by atoms with Gasteiger partial charge in [0.1, 0.15) is 74.6 Å². The van der Waals surface area contributed by atoms with Crippen molar-refractivity contribution >= 4 is 94.7 Å². The summed E-state index contributed by atoms with van der Waals surface area (Å²) in [6, 6.07) is 56.6. The highest BCUT2D eigenvalue weighted by molar-refractivity contribution is 6.24. The number of benzene rings is 9. The van der Waals surface area contributed by atoms with Crippen LogP contribution in [0.5, 0.6) is 69.0 Å². The smallest absolute Gasteiger partial charge is 0.345 e. The quantitative estimate of drug-likeness (QED) is 0.00987. The molecule has 0 bridgehead atoms. The molecule has 9 rings (SSSR count). The third kappa shape index (κ3) is 25.7. The van der Waals surface area contributed by atoms with Crippen molar-refractivity contribution in [1.82, 2.24) is 4.90 Å². The fourth-order valence-corrected chi connectivity index (χ4v) is 11.0. The highest BCUT2D eigenvalue weighted by atomic mass is 16.6. The fraction of sp³-hybridized carbons (Fsp3) is 0.202.